The fraction of sp³-hybridized carbons (Fsp3) is 0.731. The normalized spacial score (nSPS) is 44.6. The minimum atomic E-state index is -0.0284. The third-order valence-corrected chi connectivity index (χ3v) is 9.12. The maximum absolute atomic E-state index is 13.9. The second-order valence-corrected chi connectivity index (χ2v) is 11.2. The van der Waals surface area contributed by atoms with E-state index in [1.807, 2.05) is 0 Å². The van der Waals surface area contributed by atoms with Crippen LogP contribution in [0, 0.1) is 22.7 Å². The van der Waals surface area contributed by atoms with Gasteiger partial charge in [-0.3, -0.25) is 4.79 Å². The molecule has 6 atom stereocenters. The van der Waals surface area contributed by atoms with Crippen molar-refractivity contribution >= 4 is 5.78 Å². The van der Waals surface area contributed by atoms with Crippen LogP contribution in [0.2, 0.25) is 0 Å². The lowest BCUT2D eigenvalue weighted by Gasteiger charge is -2.66. The number of hydrogen-bond donors (Lipinski definition) is 1. The van der Waals surface area contributed by atoms with Gasteiger partial charge in [0.25, 0.3) is 0 Å². The van der Waals surface area contributed by atoms with Gasteiger partial charge in [-0.1, -0.05) is 43.7 Å². The van der Waals surface area contributed by atoms with Crippen molar-refractivity contribution in [2.24, 2.45) is 22.7 Å². The number of nitrogens with one attached hydrogen (secondary N) is 1. The van der Waals surface area contributed by atoms with Crippen LogP contribution in [0.25, 0.3) is 0 Å². The van der Waals surface area contributed by atoms with E-state index in [1.165, 1.54) is 56.9 Å². The van der Waals surface area contributed by atoms with Crippen LogP contribution in [0.3, 0.4) is 0 Å². The Morgan fingerprint density at radius 3 is 2.68 bits per heavy atom. The van der Waals surface area contributed by atoms with Crippen molar-refractivity contribution in [2.45, 2.75) is 89.5 Å². The topological polar surface area (TPSA) is 29.1 Å². The lowest BCUT2D eigenvalue weighted by atomic mass is 9.37. The summed E-state index contributed by atoms with van der Waals surface area (Å²) in [6, 6.07) is 11.8. The zero-order chi connectivity index (χ0) is 19.4. The Bertz CT molecular complexity index is 744. The number of piperidine rings is 1. The second kappa shape index (κ2) is 6.69. The van der Waals surface area contributed by atoms with Gasteiger partial charge < -0.3 is 5.32 Å². The molecule has 28 heavy (non-hydrogen) atoms. The summed E-state index contributed by atoms with van der Waals surface area (Å²) in [6.07, 6.45) is 11.9. The van der Waals surface area contributed by atoms with Crippen LogP contribution in [-0.4, -0.2) is 18.4 Å². The smallest absolute Gasteiger partial charge is 0.139 e. The van der Waals surface area contributed by atoms with Gasteiger partial charge in [0.2, 0.25) is 0 Å². The first kappa shape index (κ1) is 18.9. The minimum Gasteiger partial charge on any atom is -0.314 e. The monoisotopic (exact) mass is 379 g/mol. The second-order valence-electron chi connectivity index (χ2n) is 11.2. The van der Waals surface area contributed by atoms with Gasteiger partial charge in [-0.25, -0.2) is 0 Å². The molecule has 2 nitrogen and oxygen atoms in total. The van der Waals surface area contributed by atoms with Gasteiger partial charge in [0.1, 0.15) is 5.78 Å². The van der Waals surface area contributed by atoms with Gasteiger partial charge in [0, 0.05) is 17.9 Å². The molecule has 4 saturated carbocycles. The van der Waals surface area contributed by atoms with Crippen molar-refractivity contribution in [3.63, 3.8) is 0 Å². The van der Waals surface area contributed by atoms with Gasteiger partial charge in [-0.05, 0) is 93.1 Å². The molecular weight excluding hydrogens is 342 g/mol. The van der Waals surface area contributed by atoms with E-state index >= 15 is 0 Å². The molecule has 5 aliphatic rings. The average molecular weight is 380 g/mol. The lowest BCUT2D eigenvalue weighted by molar-refractivity contribution is -0.162. The molecule has 5 fully saturated rings. The number of carbonyl (C=O) groups is 1. The zero-order valence-corrected chi connectivity index (χ0v) is 17.8. The first-order valence-corrected chi connectivity index (χ1v) is 11.8. The summed E-state index contributed by atoms with van der Waals surface area (Å²) in [5.41, 5.74) is 2.16. The molecular formula is C26H37NO. The van der Waals surface area contributed by atoms with E-state index in [0.717, 1.165) is 25.3 Å². The summed E-state index contributed by atoms with van der Waals surface area (Å²) in [5, 5.41) is 3.55. The van der Waals surface area contributed by atoms with Gasteiger partial charge in [-0.2, -0.15) is 0 Å². The number of carbonyl (C=O) groups excluding carboxylic acids is 1. The molecule has 1 aromatic rings. The zero-order valence-electron chi connectivity index (χ0n) is 17.8. The molecule has 1 aliphatic heterocycles. The fourth-order valence-corrected chi connectivity index (χ4v) is 8.36. The van der Waals surface area contributed by atoms with Crippen molar-refractivity contribution in [2.75, 3.05) is 6.54 Å². The van der Waals surface area contributed by atoms with Gasteiger partial charge in [0.05, 0.1) is 0 Å². The van der Waals surface area contributed by atoms with Gasteiger partial charge >= 0.3 is 0 Å². The summed E-state index contributed by atoms with van der Waals surface area (Å²) in [5.74, 6) is 1.99. The quantitative estimate of drug-likeness (QED) is 0.716. The molecule has 4 bridgehead atoms. The van der Waals surface area contributed by atoms with Crippen LogP contribution in [-0.2, 0) is 10.2 Å². The Morgan fingerprint density at radius 1 is 1.11 bits per heavy atom. The number of Topliss-reactive ketones (excluding diaryl/α,β-unsaturated/α-hetero) is 1. The highest BCUT2D eigenvalue weighted by Crippen LogP contribution is 2.71. The van der Waals surface area contributed by atoms with Crippen LogP contribution < -0.4 is 5.32 Å². The number of rotatable bonds is 5. The maximum Gasteiger partial charge on any atom is 0.139 e. The summed E-state index contributed by atoms with van der Waals surface area (Å²) in [4.78, 5) is 13.9. The SMILES string of the molecule is CC[C@]12CC3CC(C(=O)C[C@H]4CCN[C@@H](C)C4)(C1)C[C@@](c1ccccc1)(C3)C2. The number of ketones is 1. The largest absolute Gasteiger partial charge is 0.314 e. The third kappa shape index (κ3) is 2.98. The lowest BCUT2D eigenvalue weighted by Crippen LogP contribution is -2.61. The first-order chi connectivity index (χ1) is 13.5. The molecule has 1 heterocycles. The average Bonchev–Trinajstić information content (AvgIpc) is 2.68. The highest BCUT2D eigenvalue weighted by Gasteiger charge is 2.64. The molecule has 0 radical (unpaired) electrons. The fourth-order valence-electron chi connectivity index (χ4n) is 8.36. The van der Waals surface area contributed by atoms with Crippen LogP contribution in [0.5, 0.6) is 0 Å². The Balaban J connectivity index is 1.46. The molecule has 0 amide bonds. The summed E-state index contributed by atoms with van der Waals surface area (Å²) < 4.78 is 0. The predicted octanol–water partition coefficient (Wildman–Crippen LogP) is 5.65. The summed E-state index contributed by atoms with van der Waals surface area (Å²) in [7, 11) is 0. The van der Waals surface area contributed by atoms with E-state index in [1.54, 1.807) is 0 Å². The standard InChI is InChI=1S/C26H37NO/c1-3-24-13-21-14-25(16-24,22-7-5-4-6-8-22)18-26(15-21,17-24)23(28)12-20-9-10-27-19(2)11-20/h4-8,19-21,27H,3,9-18H2,1-2H3/t19-,20-,21?,24+,25+,26?/m0/s1. The van der Waals surface area contributed by atoms with Crippen molar-refractivity contribution in [3.8, 4) is 0 Å². The van der Waals surface area contributed by atoms with Gasteiger partial charge in [-0.15, -0.1) is 0 Å². The molecule has 2 unspecified atom stereocenters. The van der Waals surface area contributed by atoms with E-state index in [0.29, 0.717) is 23.2 Å². The highest BCUT2D eigenvalue weighted by molar-refractivity contribution is 5.86. The molecule has 1 N–H and O–H groups in total. The summed E-state index contributed by atoms with van der Waals surface area (Å²) >= 11 is 0. The van der Waals surface area contributed by atoms with E-state index < -0.39 is 0 Å². The number of benzene rings is 1. The van der Waals surface area contributed by atoms with E-state index in [4.69, 9.17) is 0 Å². The molecule has 1 saturated heterocycles. The van der Waals surface area contributed by atoms with Gasteiger partial charge in [0.15, 0.2) is 0 Å². The van der Waals surface area contributed by atoms with E-state index in [-0.39, 0.29) is 10.8 Å². The Morgan fingerprint density at radius 2 is 1.93 bits per heavy atom. The van der Waals surface area contributed by atoms with E-state index in [2.05, 4.69) is 49.5 Å². The summed E-state index contributed by atoms with van der Waals surface area (Å²) in [6.45, 7) is 5.75. The number of hydrogen-bond acceptors (Lipinski definition) is 2. The van der Waals surface area contributed by atoms with Crippen LogP contribution in [0.1, 0.15) is 83.6 Å². The molecule has 152 valence electrons. The predicted molar refractivity (Wildman–Crippen MR) is 114 cm³/mol. The molecule has 2 heteroatoms. The molecule has 6 rings (SSSR count). The van der Waals surface area contributed by atoms with Crippen LogP contribution >= 0.6 is 0 Å². The van der Waals surface area contributed by atoms with Crippen molar-refractivity contribution in [3.05, 3.63) is 35.9 Å². The maximum atomic E-state index is 13.9. The molecule has 4 aliphatic carbocycles. The minimum absolute atomic E-state index is 0.0284. The van der Waals surface area contributed by atoms with Crippen molar-refractivity contribution in [1.82, 2.24) is 5.32 Å². The first-order valence-electron chi connectivity index (χ1n) is 11.8. The third-order valence-electron chi connectivity index (χ3n) is 9.12. The molecule has 0 spiro atoms. The Labute approximate surface area is 170 Å². The Hall–Kier alpha value is -1.15. The molecule has 0 aromatic heterocycles. The van der Waals surface area contributed by atoms with Crippen molar-refractivity contribution < 1.29 is 4.79 Å². The van der Waals surface area contributed by atoms with Crippen LogP contribution in [0.15, 0.2) is 30.3 Å². The van der Waals surface area contributed by atoms with E-state index in [9.17, 15) is 4.79 Å². The van der Waals surface area contributed by atoms with Crippen molar-refractivity contribution in [1.29, 1.82) is 0 Å². The highest BCUT2D eigenvalue weighted by atomic mass is 16.1. The Kier molecular flexibility index (Phi) is 4.50. The molecule has 1 aromatic carbocycles. The van der Waals surface area contributed by atoms with Crippen LogP contribution in [0.4, 0.5) is 0 Å².